The van der Waals surface area contributed by atoms with Crippen LogP contribution in [0.25, 0.3) is 0 Å². The molecule has 0 unspecified atom stereocenters. The highest BCUT2D eigenvalue weighted by Crippen LogP contribution is 2.14. The Bertz CT molecular complexity index is 600. The van der Waals surface area contributed by atoms with Gasteiger partial charge in [0, 0.05) is 6.61 Å². The number of nitrogens with zero attached hydrogens (tertiary/aromatic N) is 3. The first kappa shape index (κ1) is 24.8. The molecule has 166 valence electrons. The Labute approximate surface area is 172 Å². The fraction of sp³-hybridized carbons (Fsp3) is 0.789. The standard InChI is InChI=1S/C19H34N4O6/c1-5-6-8-26-11-13-29-18(25)20-14-16-15-23(22-21-16)7-9-27-10-12-28-17(24)19(2,3)4/h15H,5-14H2,1-4H3,(H,20,25). The first-order valence-electron chi connectivity index (χ1n) is 9.95. The predicted octanol–water partition coefficient (Wildman–Crippen LogP) is 1.93. The van der Waals surface area contributed by atoms with Gasteiger partial charge in [0.25, 0.3) is 0 Å². The fourth-order valence-corrected chi connectivity index (χ4v) is 1.95. The van der Waals surface area contributed by atoms with Crippen molar-refractivity contribution < 1.29 is 28.5 Å². The lowest BCUT2D eigenvalue weighted by molar-refractivity contribution is -0.154. The SMILES string of the molecule is CCCCOCCOC(=O)NCc1cn(CCOCCOC(=O)C(C)(C)C)nn1. The Balaban J connectivity index is 2.08. The third-order valence-electron chi connectivity index (χ3n) is 3.64. The molecule has 0 fully saturated rings. The molecular weight excluding hydrogens is 380 g/mol. The van der Waals surface area contributed by atoms with Crippen LogP contribution in [0.4, 0.5) is 4.79 Å². The zero-order valence-electron chi connectivity index (χ0n) is 17.9. The Morgan fingerprint density at radius 3 is 2.41 bits per heavy atom. The van der Waals surface area contributed by atoms with Crippen molar-refractivity contribution in [3.05, 3.63) is 11.9 Å². The van der Waals surface area contributed by atoms with Crippen molar-refractivity contribution in [1.29, 1.82) is 0 Å². The van der Waals surface area contributed by atoms with Crippen molar-refractivity contribution in [2.45, 2.75) is 53.6 Å². The number of hydrogen-bond acceptors (Lipinski definition) is 8. The van der Waals surface area contributed by atoms with Gasteiger partial charge in [-0.15, -0.1) is 5.10 Å². The molecule has 1 rings (SSSR count). The molecule has 0 aliphatic rings. The summed E-state index contributed by atoms with van der Waals surface area (Å²) in [6.45, 7) is 10.4. The molecule has 0 atom stereocenters. The molecule has 0 radical (unpaired) electrons. The second kappa shape index (κ2) is 13.9. The van der Waals surface area contributed by atoms with E-state index in [9.17, 15) is 9.59 Å². The van der Waals surface area contributed by atoms with Crippen molar-refractivity contribution >= 4 is 12.1 Å². The second-order valence-electron chi connectivity index (χ2n) is 7.43. The number of carbonyl (C=O) groups excluding carboxylic acids is 2. The third kappa shape index (κ3) is 12.1. The lowest BCUT2D eigenvalue weighted by atomic mass is 9.97. The summed E-state index contributed by atoms with van der Waals surface area (Å²) in [7, 11) is 0. The van der Waals surface area contributed by atoms with Crippen LogP contribution in [0.3, 0.4) is 0 Å². The minimum atomic E-state index is -0.522. The summed E-state index contributed by atoms with van der Waals surface area (Å²) < 4.78 is 22.5. The molecule has 10 heteroatoms. The van der Waals surface area contributed by atoms with Gasteiger partial charge in [-0.05, 0) is 27.2 Å². The quantitative estimate of drug-likeness (QED) is 0.363. The highest BCUT2D eigenvalue weighted by atomic mass is 16.6. The Morgan fingerprint density at radius 1 is 1.03 bits per heavy atom. The molecule has 29 heavy (non-hydrogen) atoms. The molecule has 0 aliphatic carbocycles. The van der Waals surface area contributed by atoms with Crippen molar-refractivity contribution in [1.82, 2.24) is 20.3 Å². The zero-order valence-corrected chi connectivity index (χ0v) is 17.9. The average Bonchev–Trinajstić information content (AvgIpc) is 3.12. The van der Waals surface area contributed by atoms with Crippen LogP contribution in [0.15, 0.2) is 6.20 Å². The number of esters is 1. The summed E-state index contributed by atoms with van der Waals surface area (Å²) in [6.07, 6.45) is 3.27. The molecule has 1 N–H and O–H groups in total. The maximum absolute atomic E-state index is 11.6. The third-order valence-corrected chi connectivity index (χ3v) is 3.64. The van der Waals surface area contributed by atoms with Crippen LogP contribution in [0, 0.1) is 5.41 Å². The van der Waals surface area contributed by atoms with E-state index < -0.39 is 11.5 Å². The lowest BCUT2D eigenvalue weighted by Gasteiger charge is -2.16. The van der Waals surface area contributed by atoms with Crippen molar-refractivity contribution in [3.63, 3.8) is 0 Å². The van der Waals surface area contributed by atoms with Crippen LogP contribution in [-0.4, -0.2) is 66.7 Å². The molecule has 0 saturated carbocycles. The maximum Gasteiger partial charge on any atom is 0.407 e. The van der Waals surface area contributed by atoms with Crippen LogP contribution in [0.1, 0.15) is 46.2 Å². The number of unbranched alkanes of at least 4 members (excludes halogenated alkanes) is 1. The molecule has 1 aromatic rings. The minimum absolute atomic E-state index is 0.213. The summed E-state index contributed by atoms with van der Waals surface area (Å²) in [5, 5.41) is 10.6. The van der Waals surface area contributed by atoms with Gasteiger partial charge < -0.3 is 24.3 Å². The first-order valence-corrected chi connectivity index (χ1v) is 9.95. The van der Waals surface area contributed by atoms with Crippen LogP contribution >= 0.6 is 0 Å². The van der Waals surface area contributed by atoms with E-state index in [2.05, 4.69) is 22.6 Å². The number of rotatable bonds is 14. The van der Waals surface area contributed by atoms with Crippen molar-refractivity contribution in [2.24, 2.45) is 5.41 Å². The van der Waals surface area contributed by atoms with Crippen molar-refractivity contribution in [3.8, 4) is 0 Å². The molecule has 1 aromatic heterocycles. The van der Waals surface area contributed by atoms with E-state index in [0.717, 1.165) is 12.8 Å². The lowest BCUT2D eigenvalue weighted by Crippen LogP contribution is -2.25. The van der Waals surface area contributed by atoms with Gasteiger partial charge in [0.05, 0.1) is 44.5 Å². The molecule has 1 heterocycles. The van der Waals surface area contributed by atoms with Gasteiger partial charge in [0.15, 0.2) is 0 Å². The monoisotopic (exact) mass is 414 g/mol. The maximum atomic E-state index is 11.6. The first-order chi connectivity index (χ1) is 13.8. The van der Waals surface area contributed by atoms with E-state index in [1.807, 2.05) is 0 Å². The smallest absolute Gasteiger partial charge is 0.407 e. The molecular formula is C19H34N4O6. The average molecular weight is 415 g/mol. The minimum Gasteiger partial charge on any atom is -0.463 e. The number of hydrogen-bond donors (Lipinski definition) is 1. The predicted molar refractivity (Wildman–Crippen MR) is 105 cm³/mol. The van der Waals surface area contributed by atoms with Gasteiger partial charge in [-0.1, -0.05) is 18.6 Å². The van der Waals surface area contributed by atoms with Gasteiger partial charge >= 0.3 is 12.1 Å². The summed E-state index contributed by atoms with van der Waals surface area (Å²) in [6, 6.07) is 0. The molecule has 0 spiro atoms. The van der Waals surface area contributed by atoms with Gasteiger partial charge in [-0.2, -0.15) is 0 Å². The summed E-state index contributed by atoms with van der Waals surface area (Å²) >= 11 is 0. The number of ether oxygens (including phenoxy) is 4. The van der Waals surface area contributed by atoms with E-state index in [4.69, 9.17) is 18.9 Å². The highest BCUT2D eigenvalue weighted by Gasteiger charge is 2.22. The Morgan fingerprint density at radius 2 is 1.72 bits per heavy atom. The van der Waals surface area contributed by atoms with E-state index in [0.29, 0.717) is 38.7 Å². The number of carbonyl (C=O) groups is 2. The molecule has 0 saturated heterocycles. The number of aromatic nitrogens is 3. The van der Waals surface area contributed by atoms with Crippen LogP contribution in [0.2, 0.25) is 0 Å². The number of nitrogens with one attached hydrogen (secondary N) is 1. The van der Waals surface area contributed by atoms with Crippen LogP contribution in [-0.2, 0) is 36.8 Å². The largest absolute Gasteiger partial charge is 0.463 e. The van der Waals surface area contributed by atoms with Crippen LogP contribution < -0.4 is 5.32 Å². The topological polar surface area (TPSA) is 114 Å². The van der Waals surface area contributed by atoms with E-state index in [1.165, 1.54) is 0 Å². The Kier molecular flexibility index (Phi) is 11.9. The zero-order chi connectivity index (χ0) is 21.5. The molecule has 0 aromatic carbocycles. The normalized spacial score (nSPS) is 11.3. The molecule has 1 amide bonds. The Hall–Kier alpha value is -2.20. The van der Waals surface area contributed by atoms with Crippen LogP contribution in [0.5, 0.6) is 0 Å². The fourth-order valence-electron chi connectivity index (χ4n) is 1.95. The summed E-state index contributed by atoms with van der Waals surface area (Å²) in [5.41, 5.74) is 0.0975. The van der Waals surface area contributed by atoms with Gasteiger partial charge in [0.1, 0.15) is 18.9 Å². The highest BCUT2D eigenvalue weighted by molar-refractivity contribution is 5.75. The van der Waals surface area contributed by atoms with Gasteiger partial charge in [-0.3, -0.25) is 4.79 Å². The number of amides is 1. The van der Waals surface area contributed by atoms with Gasteiger partial charge in [0.2, 0.25) is 0 Å². The summed E-state index contributed by atoms with van der Waals surface area (Å²) in [4.78, 5) is 23.2. The molecule has 0 bridgehead atoms. The van der Waals surface area contributed by atoms with Gasteiger partial charge in [-0.25, -0.2) is 9.48 Å². The molecule has 10 nitrogen and oxygen atoms in total. The van der Waals surface area contributed by atoms with E-state index >= 15 is 0 Å². The van der Waals surface area contributed by atoms with Crippen molar-refractivity contribution in [2.75, 3.05) is 39.6 Å². The summed E-state index contributed by atoms with van der Waals surface area (Å²) in [5.74, 6) is -0.253. The van der Waals surface area contributed by atoms with E-state index in [-0.39, 0.29) is 25.7 Å². The molecule has 0 aliphatic heterocycles. The number of alkyl carbamates (subject to hydrolysis) is 1. The second-order valence-corrected chi connectivity index (χ2v) is 7.43. The van der Waals surface area contributed by atoms with E-state index in [1.54, 1.807) is 31.6 Å².